The minimum atomic E-state index is -0.0943. The average molecular weight is 416 g/mol. The zero-order valence-electron chi connectivity index (χ0n) is 16.8. The van der Waals surface area contributed by atoms with Gasteiger partial charge in [0.1, 0.15) is 0 Å². The van der Waals surface area contributed by atoms with Crippen LogP contribution in [0.3, 0.4) is 0 Å². The summed E-state index contributed by atoms with van der Waals surface area (Å²) < 4.78 is 0. The summed E-state index contributed by atoms with van der Waals surface area (Å²) in [7, 11) is 0. The van der Waals surface area contributed by atoms with Crippen LogP contribution in [0.1, 0.15) is 29.0 Å². The number of nitrogens with one attached hydrogen (secondary N) is 1. The second kappa shape index (κ2) is 11.0. The molecule has 29 heavy (non-hydrogen) atoms. The third-order valence-electron chi connectivity index (χ3n) is 5.52. The summed E-state index contributed by atoms with van der Waals surface area (Å²) >= 11 is 0. The second-order valence-electron chi connectivity index (χ2n) is 7.57. The molecule has 3 rings (SSSR count). The van der Waals surface area contributed by atoms with Gasteiger partial charge in [-0.25, -0.2) is 0 Å². The Hall–Kier alpha value is -2.37. The monoisotopic (exact) mass is 415 g/mol. The van der Waals surface area contributed by atoms with Gasteiger partial charge in [0.15, 0.2) is 0 Å². The van der Waals surface area contributed by atoms with E-state index in [0.29, 0.717) is 32.5 Å². The third-order valence-corrected chi connectivity index (χ3v) is 5.52. The first-order chi connectivity index (χ1) is 13.6. The first kappa shape index (κ1) is 22.9. The van der Waals surface area contributed by atoms with Gasteiger partial charge in [-0.1, -0.05) is 60.2 Å². The van der Waals surface area contributed by atoms with E-state index in [1.807, 2.05) is 54.3 Å². The molecular weight excluding hydrogens is 386 g/mol. The molecule has 0 bridgehead atoms. The Kier molecular flexibility index (Phi) is 8.68. The average Bonchev–Trinajstić information content (AvgIpc) is 3.17. The molecule has 0 aliphatic carbocycles. The van der Waals surface area contributed by atoms with Crippen LogP contribution in [0.2, 0.25) is 0 Å². The standard InChI is InChI=1S/C23H29N3O2.ClH/c1-17-7-9-18(10-8-17)11-12-22(27)25-14-23(28)26-15-20(13-24)21(16-26)19-5-3-2-4-6-19;/h2-10,20-21H,11-16,24H2,1H3,(H,25,27);1H/t20-,21+;/m1./s1. The van der Waals surface area contributed by atoms with Crippen LogP contribution in [-0.4, -0.2) is 42.9 Å². The topological polar surface area (TPSA) is 75.4 Å². The summed E-state index contributed by atoms with van der Waals surface area (Å²) in [4.78, 5) is 26.5. The van der Waals surface area contributed by atoms with Gasteiger partial charge in [-0.05, 0) is 36.9 Å². The van der Waals surface area contributed by atoms with Crippen molar-refractivity contribution in [3.05, 3.63) is 71.3 Å². The number of rotatable bonds is 7. The van der Waals surface area contributed by atoms with Crippen LogP contribution in [-0.2, 0) is 16.0 Å². The number of carbonyl (C=O) groups excluding carboxylic acids is 2. The lowest BCUT2D eigenvalue weighted by molar-refractivity contribution is -0.132. The third kappa shape index (κ3) is 6.31. The van der Waals surface area contributed by atoms with Crippen molar-refractivity contribution in [3.63, 3.8) is 0 Å². The molecule has 0 saturated carbocycles. The maximum Gasteiger partial charge on any atom is 0.241 e. The van der Waals surface area contributed by atoms with Gasteiger partial charge < -0.3 is 16.0 Å². The van der Waals surface area contributed by atoms with E-state index in [9.17, 15) is 9.59 Å². The van der Waals surface area contributed by atoms with Crippen LogP contribution < -0.4 is 11.1 Å². The highest BCUT2D eigenvalue weighted by Gasteiger charge is 2.35. The number of hydrogen-bond donors (Lipinski definition) is 2. The quantitative estimate of drug-likeness (QED) is 0.730. The van der Waals surface area contributed by atoms with Gasteiger partial charge >= 0.3 is 0 Å². The highest BCUT2D eigenvalue weighted by Crippen LogP contribution is 2.31. The van der Waals surface area contributed by atoms with E-state index in [1.165, 1.54) is 11.1 Å². The summed E-state index contributed by atoms with van der Waals surface area (Å²) in [5.74, 6) is 0.375. The molecule has 2 atom stereocenters. The fraction of sp³-hybridized carbons (Fsp3) is 0.391. The smallest absolute Gasteiger partial charge is 0.241 e. The number of amides is 2. The van der Waals surface area contributed by atoms with Crippen molar-refractivity contribution in [1.29, 1.82) is 0 Å². The first-order valence-corrected chi connectivity index (χ1v) is 9.92. The van der Waals surface area contributed by atoms with Gasteiger partial charge in [0.05, 0.1) is 6.54 Å². The molecule has 2 amide bonds. The predicted molar refractivity (Wildman–Crippen MR) is 118 cm³/mol. The summed E-state index contributed by atoms with van der Waals surface area (Å²) in [5.41, 5.74) is 9.49. The molecule has 0 spiro atoms. The Morgan fingerprint density at radius 2 is 1.76 bits per heavy atom. The van der Waals surface area contributed by atoms with E-state index < -0.39 is 0 Å². The van der Waals surface area contributed by atoms with Crippen LogP contribution in [0.25, 0.3) is 0 Å². The minimum absolute atomic E-state index is 0. The minimum Gasteiger partial charge on any atom is -0.347 e. The van der Waals surface area contributed by atoms with Gasteiger partial charge in [0.2, 0.25) is 11.8 Å². The number of aryl methyl sites for hydroxylation is 2. The predicted octanol–water partition coefficient (Wildman–Crippen LogP) is 2.67. The van der Waals surface area contributed by atoms with Crippen molar-refractivity contribution in [3.8, 4) is 0 Å². The molecule has 1 aliphatic heterocycles. The molecule has 0 unspecified atom stereocenters. The number of nitrogens with two attached hydrogens (primary N) is 1. The second-order valence-corrected chi connectivity index (χ2v) is 7.57. The van der Waals surface area contributed by atoms with Crippen molar-refractivity contribution in [2.75, 3.05) is 26.2 Å². The zero-order valence-corrected chi connectivity index (χ0v) is 17.7. The van der Waals surface area contributed by atoms with Crippen LogP contribution in [0.5, 0.6) is 0 Å². The van der Waals surface area contributed by atoms with Crippen LogP contribution in [0.15, 0.2) is 54.6 Å². The number of hydrogen-bond acceptors (Lipinski definition) is 3. The Labute approximate surface area is 179 Å². The lowest BCUT2D eigenvalue weighted by Crippen LogP contribution is -2.39. The van der Waals surface area contributed by atoms with E-state index in [-0.39, 0.29) is 42.6 Å². The maximum atomic E-state index is 12.6. The van der Waals surface area contributed by atoms with Crippen molar-refractivity contribution in [1.82, 2.24) is 10.2 Å². The largest absolute Gasteiger partial charge is 0.347 e. The van der Waals surface area contributed by atoms with Gasteiger partial charge in [-0.2, -0.15) is 0 Å². The molecular formula is C23H30ClN3O2. The van der Waals surface area contributed by atoms with Gasteiger partial charge in [-0.15, -0.1) is 12.4 Å². The van der Waals surface area contributed by atoms with E-state index in [1.54, 1.807) is 0 Å². The SMILES string of the molecule is Cc1ccc(CCC(=O)NCC(=O)N2C[C@@H](CN)[C@H](c3ccccc3)C2)cc1.Cl. The number of carbonyl (C=O) groups is 2. The van der Waals surface area contributed by atoms with Crippen LogP contribution in [0.4, 0.5) is 0 Å². The number of nitrogens with zero attached hydrogens (tertiary/aromatic N) is 1. The molecule has 2 aromatic carbocycles. The van der Waals surface area contributed by atoms with Gasteiger partial charge in [0, 0.05) is 25.4 Å². The van der Waals surface area contributed by atoms with Crippen molar-refractivity contribution in [2.24, 2.45) is 11.7 Å². The molecule has 1 saturated heterocycles. The Balaban J connectivity index is 0.00000300. The molecule has 0 radical (unpaired) electrons. The molecule has 1 heterocycles. The Bertz CT molecular complexity index is 796. The molecule has 1 fully saturated rings. The molecule has 156 valence electrons. The summed E-state index contributed by atoms with van der Waals surface area (Å²) in [6, 6.07) is 18.4. The maximum absolute atomic E-state index is 12.6. The highest BCUT2D eigenvalue weighted by molar-refractivity contribution is 5.85. The van der Waals surface area contributed by atoms with Crippen LogP contribution in [0, 0.1) is 12.8 Å². The fourth-order valence-electron chi connectivity index (χ4n) is 3.78. The van der Waals surface area contributed by atoms with Crippen molar-refractivity contribution in [2.45, 2.75) is 25.7 Å². The number of likely N-dealkylation sites (tertiary alicyclic amines) is 1. The van der Waals surface area contributed by atoms with Crippen molar-refractivity contribution >= 4 is 24.2 Å². The van der Waals surface area contributed by atoms with Crippen molar-refractivity contribution < 1.29 is 9.59 Å². The summed E-state index contributed by atoms with van der Waals surface area (Å²) in [6.45, 7) is 3.94. The van der Waals surface area contributed by atoms with E-state index in [2.05, 4.69) is 17.4 Å². The molecule has 6 heteroatoms. The number of benzene rings is 2. The molecule has 2 aromatic rings. The van der Waals surface area contributed by atoms with E-state index in [4.69, 9.17) is 5.73 Å². The zero-order chi connectivity index (χ0) is 19.9. The van der Waals surface area contributed by atoms with E-state index in [0.717, 1.165) is 5.56 Å². The first-order valence-electron chi connectivity index (χ1n) is 9.92. The summed E-state index contributed by atoms with van der Waals surface area (Å²) in [6.07, 6.45) is 1.06. The van der Waals surface area contributed by atoms with Crippen LogP contribution >= 0.6 is 12.4 Å². The van der Waals surface area contributed by atoms with Gasteiger partial charge in [0.25, 0.3) is 0 Å². The fourth-order valence-corrected chi connectivity index (χ4v) is 3.78. The number of halogens is 1. The lowest BCUT2D eigenvalue weighted by atomic mass is 9.89. The lowest BCUT2D eigenvalue weighted by Gasteiger charge is -2.17. The molecule has 0 aromatic heterocycles. The molecule has 5 nitrogen and oxygen atoms in total. The van der Waals surface area contributed by atoms with Gasteiger partial charge in [-0.3, -0.25) is 9.59 Å². The Morgan fingerprint density at radius 3 is 2.41 bits per heavy atom. The molecule has 3 N–H and O–H groups in total. The van der Waals surface area contributed by atoms with E-state index >= 15 is 0 Å². The summed E-state index contributed by atoms with van der Waals surface area (Å²) in [5, 5.41) is 2.77. The molecule has 1 aliphatic rings. The Morgan fingerprint density at radius 1 is 1.07 bits per heavy atom. The normalized spacial score (nSPS) is 18.2. The highest BCUT2D eigenvalue weighted by atomic mass is 35.5.